The number of fused-ring (bicyclic) bond motifs is 1. The molecule has 0 fully saturated rings. The summed E-state index contributed by atoms with van der Waals surface area (Å²) in [5.74, 6) is 1.60. The lowest BCUT2D eigenvalue weighted by Gasteiger charge is -2.25. The molecule has 0 saturated heterocycles. The van der Waals surface area contributed by atoms with Gasteiger partial charge in [0.25, 0.3) is 5.56 Å². The van der Waals surface area contributed by atoms with Gasteiger partial charge in [0.2, 0.25) is 5.91 Å². The third-order valence-electron chi connectivity index (χ3n) is 5.61. The zero-order valence-corrected chi connectivity index (χ0v) is 19.8. The minimum atomic E-state index is -0.422. The number of rotatable bonds is 8. The molecule has 1 aliphatic rings. The predicted molar refractivity (Wildman–Crippen MR) is 129 cm³/mol. The van der Waals surface area contributed by atoms with E-state index in [2.05, 4.69) is 34.3 Å². The van der Waals surface area contributed by atoms with E-state index in [9.17, 15) is 9.59 Å². The fraction of sp³-hybridized carbons (Fsp3) is 0.320. The summed E-state index contributed by atoms with van der Waals surface area (Å²) in [6, 6.07) is 13.6. The Kier molecular flexibility index (Phi) is 7.03. The van der Waals surface area contributed by atoms with Crippen molar-refractivity contribution in [3.05, 3.63) is 75.1 Å². The summed E-state index contributed by atoms with van der Waals surface area (Å²) in [4.78, 5) is 33.1. The molecule has 7 nitrogen and oxygen atoms in total. The number of carbonyl (C=O) groups is 1. The van der Waals surface area contributed by atoms with Crippen molar-refractivity contribution >= 4 is 23.5 Å². The number of aromatic nitrogens is 2. The second-order valence-corrected chi connectivity index (χ2v) is 8.88. The number of ether oxygens (including phenoxy) is 2. The van der Waals surface area contributed by atoms with Gasteiger partial charge in [0.05, 0.1) is 19.3 Å². The number of carbonyl (C=O) groups excluding carboxylic acids is 1. The van der Waals surface area contributed by atoms with Crippen molar-refractivity contribution in [3.8, 4) is 11.5 Å². The van der Waals surface area contributed by atoms with Crippen molar-refractivity contribution in [2.24, 2.45) is 0 Å². The summed E-state index contributed by atoms with van der Waals surface area (Å²) in [6.45, 7) is 4.67. The van der Waals surface area contributed by atoms with Crippen molar-refractivity contribution < 1.29 is 14.3 Å². The molecule has 0 aliphatic carbocycles. The molecule has 1 unspecified atom stereocenters. The molecule has 8 heteroatoms. The molecule has 1 amide bonds. The van der Waals surface area contributed by atoms with Gasteiger partial charge in [0.1, 0.15) is 5.82 Å². The van der Waals surface area contributed by atoms with Crippen molar-refractivity contribution in [2.75, 3.05) is 19.0 Å². The van der Waals surface area contributed by atoms with Crippen LogP contribution >= 0.6 is 11.8 Å². The molecule has 1 aromatic heterocycles. The van der Waals surface area contributed by atoms with E-state index in [1.165, 1.54) is 22.9 Å². The van der Waals surface area contributed by atoms with Crippen LogP contribution in [0, 0.1) is 6.92 Å². The lowest BCUT2D eigenvalue weighted by molar-refractivity contribution is -0.116. The predicted octanol–water partition coefficient (Wildman–Crippen LogP) is 4.64. The Morgan fingerprint density at radius 3 is 2.73 bits per heavy atom. The molecule has 172 valence electrons. The first-order valence-electron chi connectivity index (χ1n) is 10.9. The van der Waals surface area contributed by atoms with E-state index in [-0.39, 0.29) is 17.9 Å². The first-order chi connectivity index (χ1) is 16.0. The van der Waals surface area contributed by atoms with Crippen LogP contribution in [-0.2, 0) is 10.5 Å². The summed E-state index contributed by atoms with van der Waals surface area (Å²) < 4.78 is 11.2. The Morgan fingerprint density at radius 1 is 1.15 bits per heavy atom. The smallest absolute Gasteiger partial charge is 0.257 e. The highest BCUT2D eigenvalue weighted by Gasteiger charge is 2.31. The summed E-state index contributed by atoms with van der Waals surface area (Å²) in [6.07, 6.45) is 1.04. The van der Waals surface area contributed by atoms with Gasteiger partial charge in [0.15, 0.2) is 16.7 Å². The molecular weight excluding hydrogens is 438 g/mol. The summed E-state index contributed by atoms with van der Waals surface area (Å²) in [5.41, 5.74) is 3.36. The van der Waals surface area contributed by atoms with Crippen LogP contribution in [0.5, 0.6) is 11.5 Å². The number of hydrogen-bond acceptors (Lipinski definition) is 6. The van der Waals surface area contributed by atoms with Gasteiger partial charge in [-0.25, -0.2) is 4.98 Å². The number of methoxy groups -OCH3 is 1. The fourth-order valence-electron chi connectivity index (χ4n) is 3.85. The van der Waals surface area contributed by atoms with Crippen LogP contribution in [-0.4, -0.2) is 29.6 Å². The molecule has 4 rings (SSSR count). The molecule has 2 heterocycles. The van der Waals surface area contributed by atoms with Crippen LogP contribution in [0.25, 0.3) is 0 Å². The quantitative estimate of drug-likeness (QED) is 0.372. The van der Waals surface area contributed by atoms with Gasteiger partial charge in [0, 0.05) is 18.1 Å². The van der Waals surface area contributed by atoms with Gasteiger partial charge in [-0.2, -0.15) is 0 Å². The monoisotopic (exact) mass is 465 g/mol. The van der Waals surface area contributed by atoms with E-state index in [1.807, 2.05) is 37.3 Å². The Balaban J connectivity index is 1.64. The molecule has 33 heavy (non-hydrogen) atoms. The third kappa shape index (κ3) is 5.06. The molecule has 0 radical (unpaired) electrons. The van der Waals surface area contributed by atoms with Crippen LogP contribution in [0.15, 0.2) is 52.4 Å². The maximum absolute atomic E-state index is 13.1. The second kappa shape index (κ2) is 10.1. The highest BCUT2D eigenvalue weighted by atomic mass is 32.2. The minimum Gasteiger partial charge on any atom is -0.493 e. The van der Waals surface area contributed by atoms with E-state index in [0.717, 1.165) is 12.0 Å². The molecule has 3 aromatic rings. The first-order valence-corrected chi connectivity index (χ1v) is 11.9. The maximum atomic E-state index is 13.1. The van der Waals surface area contributed by atoms with Crippen molar-refractivity contribution in [1.29, 1.82) is 0 Å². The number of nitrogens with zero attached hydrogens (tertiary/aromatic N) is 1. The molecular formula is C25H27N3O4S. The Hall–Kier alpha value is -3.26. The van der Waals surface area contributed by atoms with Crippen molar-refractivity contribution in [3.63, 3.8) is 0 Å². The van der Waals surface area contributed by atoms with Crippen molar-refractivity contribution in [2.45, 2.75) is 43.5 Å². The Morgan fingerprint density at radius 2 is 1.97 bits per heavy atom. The molecule has 0 spiro atoms. The van der Waals surface area contributed by atoms with E-state index < -0.39 is 5.92 Å². The lowest BCUT2D eigenvalue weighted by atomic mass is 9.86. The van der Waals surface area contributed by atoms with Crippen LogP contribution in [0.2, 0.25) is 0 Å². The molecule has 1 aliphatic heterocycles. The van der Waals surface area contributed by atoms with Gasteiger partial charge in [-0.3, -0.25) is 9.59 Å². The van der Waals surface area contributed by atoms with Crippen LogP contribution in [0.1, 0.15) is 47.9 Å². The number of anilines is 1. The number of H-pyrrole nitrogens is 1. The number of nitrogens with one attached hydrogen (secondary N) is 2. The van der Waals surface area contributed by atoms with Gasteiger partial charge in [-0.05, 0) is 42.2 Å². The number of amides is 1. The third-order valence-corrected chi connectivity index (χ3v) is 6.53. The Labute approximate surface area is 196 Å². The van der Waals surface area contributed by atoms with Gasteiger partial charge >= 0.3 is 0 Å². The number of thioether (sulfide) groups is 1. The minimum absolute atomic E-state index is 0.159. The molecule has 2 aromatic carbocycles. The lowest BCUT2D eigenvalue weighted by Crippen LogP contribution is -2.31. The summed E-state index contributed by atoms with van der Waals surface area (Å²) in [5, 5.41) is 3.25. The largest absolute Gasteiger partial charge is 0.493 e. The van der Waals surface area contributed by atoms with Crippen molar-refractivity contribution in [1.82, 2.24) is 9.97 Å². The zero-order chi connectivity index (χ0) is 23.4. The average molecular weight is 466 g/mol. The molecule has 0 saturated carbocycles. The molecule has 0 bridgehead atoms. The standard InChI is InChI=1S/C25H27N3O4S/c1-4-11-32-19-10-9-16(12-20(19)31-3)18-13-21(29)26-23-22(18)24(30)28-25(27-23)33-14-17-8-6-5-7-15(17)2/h5-10,12,18H,4,11,13-14H2,1-3H3,(H2,26,27,28,29,30). The number of benzene rings is 2. The highest BCUT2D eigenvalue weighted by molar-refractivity contribution is 7.98. The highest BCUT2D eigenvalue weighted by Crippen LogP contribution is 2.38. The van der Waals surface area contributed by atoms with E-state index in [1.54, 1.807) is 7.11 Å². The van der Waals surface area contributed by atoms with Gasteiger partial charge in [-0.1, -0.05) is 49.0 Å². The van der Waals surface area contributed by atoms with E-state index in [0.29, 0.717) is 40.4 Å². The maximum Gasteiger partial charge on any atom is 0.257 e. The summed E-state index contributed by atoms with van der Waals surface area (Å²) >= 11 is 1.43. The Bertz CT molecular complexity index is 1220. The topological polar surface area (TPSA) is 93.3 Å². The summed E-state index contributed by atoms with van der Waals surface area (Å²) in [7, 11) is 1.58. The first kappa shape index (κ1) is 22.9. The number of hydrogen-bond donors (Lipinski definition) is 2. The van der Waals surface area contributed by atoms with Crippen LogP contribution in [0.3, 0.4) is 0 Å². The van der Waals surface area contributed by atoms with Gasteiger partial charge < -0.3 is 19.8 Å². The SMILES string of the molecule is CCCOc1ccc(C2CC(=O)Nc3nc(SCc4ccccc4C)[nH]c(=O)c32)cc1OC. The number of aryl methyl sites for hydroxylation is 1. The second-order valence-electron chi connectivity index (χ2n) is 7.91. The van der Waals surface area contributed by atoms with E-state index >= 15 is 0 Å². The normalized spacial score (nSPS) is 15.0. The molecule has 1 atom stereocenters. The fourth-order valence-corrected chi connectivity index (χ4v) is 4.79. The zero-order valence-electron chi connectivity index (χ0n) is 18.9. The number of aromatic amines is 1. The van der Waals surface area contributed by atoms with E-state index in [4.69, 9.17) is 9.47 Å². The van der Waals surface area contributed by atoms with Crippen LogP contribution < -0.4 is 20.3 Å². The van der Waals surface area contributed by atoms with Crippen LogP contribution in [0.4, 0.5) is 5.82 Å². The molecule has 2 N–H and O–H groups in total. The average Bonchev–Trinajstić information content (AvgIpc) is 2.81. The van der Waals surface area contributed by atoms with Gasteiger partial charge in [-0.15, -0.1) is 0 Å².